The van der Waals surface area contributed by atoms with E-state index in [1.54, 1.807) is 0 Å². The predicted octanol–water partition coefficient (Wildman–Crippen LogP) is 4.86. The topological polar surface area (TPSA) is 62.5 Å². The van der Waals surface area contributed by atoms with Gasteiger partial charge in [-0.3, -0.25) is 4.79 Å². The molecule has 1 atom stereocenters. The summed E-state index contributed by atoms with van der Waals surface area (Å²) in [5.41, 5.74) is 3.43. The minimum atomic E-state index is -0.283. The lowest BCUT2D eigenvalue weighted by Gasteiger charge is -2.37. The molecule has 0 saturated carbocycles. The third kappa shape index (κ3) is 5.15. The summed E-state index contributed by atoms with van der Waals surface area (Å²) in [5.74, 6) is 0.584. The molecule has 0 aliphatic carbocycles. The molecule has 1 amide bonds. The molecule has 1 aromatic heterocycles. The summed E-state index contributed by atoms with van der Waals surface area (Å²) in [4.78, 5) is 17.2. The van der Waals surface area contributed by atoms with Crippen molar-refractivity contribution in [2.45, 2.75) is 43.6 Å². The largest absolute Gasteiger partial charge is 0.411 e. The van der Waals surface area contributed by atoms with Crippen LogP contribution in [0.4, 0.5) is 5.69 Å². The fourth-order valence-corrected chi connectivity index (χ4v) is 4.54. The van der Waals surface area contributed by atoms with Gasteiger partial charge in [0.1, 0.15) is 0 Å². The fraction of sp³-hybridized carbons (Fsp3) is 0.400. The number of carbonyl (C=O) groups is 1. The normalized spacial score (nSPS) is 15.6. The van der Waals surface area contributed by atoms with Crippen molar-refractivity contribution in [3.8, 4) is 11.5 Å². The first-order valence-electron chi connectivity index (χ1n) is 11.0. The molecule has 1 aliphatic rings. The number of amides is 1. The van der Waals surface area contributed by atoms with Gasteiger partial charge in [-0.25, -0.2) is 0 Å². The van der Waals surface area contributed by atoms with Crippen LogP contribution in [0.1, 0.15) is 33.3 Å². The second-order valence-electron chi connectivity index (χ2n) is 9.11. The summed E-state index contributed by atoms with van der Waals surface area (Å²) < 4.78 is 5.84. The number of para-hydroxylation sites is 1. The van der Waals surface area contributed by atoms with E-state index in [4.69, 9.17) is 4.42 Å². The maximum absolute atomic E-state index is 13.0. The lowest BCUT2D eigenvalue weighted by Crippen LogP contribution is -2.50. The Hall–Kier alpha value is -2.80. The number of hydrogen-bond acceptors (Lipinski definition) is 6. The van der Waals surface area contributed by atoms with Gasteiger partial charge in [0.05, 0.1) is 5.25 Å². The van der Waals surface area contributed by atoms with Gasteiger partial charge >= 0.3 is 0 Å². The molecule has 1 saturated heterocycles. The van der Waals surface area contributed by atoms with Crippen LogP contribution < -0.4 is 4.90 Å². The van der Waals surface area contributed by atoms with Gasteiger partial charge in [-0.05, 0) is 42.2 Å². The van der Waals surface area contributed by atoms with E-state index < -0.39 is 0 Å². The van der Waals surface area contributed by atoms with E-state index in [0.29, 0.717) is 24.2 Å². The lowest BCUT2D eigenvalue weighted by molar-refractivity contribution is -0.130. The van der Waals surface area contributed by atoms with Crippen molar-refractivity contribution in [3.63, 3.8) is 0 Å². The molecule has 1 fully saturated rings. The first-order valence-corrected chi connectivity index (χ1v) is 11.9. The van der Waals surface area contributed by atoms with Crippen LogP contribution in [0.25, 0.3) is 11.5 Å². The molecule has 0 radical (unpaired) electrons. The van der Waals surface area contributed by atoms with Crippen molar-refractivity contribution in [1.29, 1.82) is 0 Å². The molecule has 2 heterocycles. The van der Waals surface area contributed by atoms with Crippen molar-refractivity contribution in [2.75, 3.05) is 31.1 Å². The number of aromatic nitrogens is 2. The number of rotatable bonds is 5. The minimum Gasteiger partial charge on any atom is -0.411 e. The van der Waals surface area contributed by atoms with Crippen molar-refractivity contribution >= 4 is 23.4 Å². The molecule has 7 heteroatoms. The van der Waals surface area contributed by atoms with Gasteiger partial charge in [0, 0.05) is 37.4 Å². The van der Waals surface area contributed by atoms with Crippen LogP contribution >= 0.6 is 11.8 Å². The van der Waals surface area contributed by atoms with E-state index in [1.807, 2.05) is 42.2 Å². The third-order valence-corrected chi connectivity index (χ3v) is 6.66. The van der Waals surface area contributed by atoms with Gasteiger partial charge < -0.3 is 14.2 Å². The summed E-state index contributed by atoms with van der Waals surface area (Å²) in [6, 6.07) is 18.5. The number of carbonyl (C=O) groups excluding carboxylic acids is 1. The molecule has 6 nitrogen and oxygen atoms in total. The van der Waals surface area contributed by atoms with Crippen LogP contribution in [0.15, 0.2) is 64.2 Å². The molecule has 3 aromatic rings. The minimum absolute atomic E-state index is 0.0940. The van der Waals surface area contributed by atoms with E-state index in [2.05, 4.69) is 60.1 Å². The van der Waals surface area contributed by atoms with Gasteiger partial charge in [-0.15, -0.1) is 10.2 Å². The SMILES string of the molecule is CC(Sc1nnc(-c2ccc(C(C)(C)C)cc2)o1)C(=O)N1CCN(c2ccccc2)CC1. The Morgan fingerprint density at radius 2 is 1.62 bits per heavy atom. The number of benzene rings is 2. The van der Waals surface area contributed by atoms with Crippen molar-refractivity contribution in [2.24, 2.45) is 0 Å². The van der Waals surface area contributed by atoms with Crippen LogP contribution in [-0.2, 0) is 10.2 Å². The highest BCUT2D eigenvalue weighted by Crippen LogP contribution is 2.29. The van der Waals surface area contributed by atoms with E-state index in [0.717, 1.165) is 18.7 Å². The van der Waals surface area contributed by atoms with E-state index >= 15 is 0 Å². The fourth-order valence-electron chi connectivity index (χ4n) is 3.77. The first-order chi connectivity index (χ1) is 15.3. The number of nitrogens with zero attached hydrogens (tertiary/aromatic N) is 4. The van der Waals surface area contributed by atoms with Crippen LogP contribution in [0.5, 0.6) is 0 Å². The quantitative estimate of drug-likeness (QED) is 0.517. The molecule has 2 aromatic carbocycles. The monoisotopic (exact) mass is 450 g/mol. The van der Waals surface area contributed by atoms with E-state index in [-0.39, 0.29) is 16.6 Å². The predicted molar refractivity (Wildman–Crippen MR) is 129 cm³/mol. The van der Waals surface area contributed by atoms with Crippen LogP contribution in [-0.4, -0.2) is 52.4 Å². The molecule has 32 heavy (non-hydrogen) atoms. The second-order valence-corrected chi connectivity index (χ2v) is 10.4. The molecule has 4 rings (SSSR count). The van der Waals surface area contributed by atoms with Gasteiger partial charge in [0.25, 0.3) is 5.22 Å². The van der Waals surface area contributed by atoms with Crippen LogP contribution in [0, 0.1) is 0 Å². The summed E-state index contributed by atoms with van der Waals surface area (Å²) >= 11 is 1.32. The zero-order chi connectivity index (χ0) is 22.7. The van der Waals surface area contributed by atoms with Gasteiger partial charge in [-0.2, -0.15) is 0 Å². The van der Waals surface area contributed by atoms with Gasteiger partial charge in [0.15, 0.2) is 0 Å². The highest BCUT2D eigenvalue weighted by atomic mass is 32.2. The Labute approximate surface area is 194 Å². The molecule has 0 bridgehead atoms. The lowest BCUT2D eigenvalue weighted by atomic mass is 9.87. The van der Waals surface area contributed by atoms with Crippen molar-refractivity contribution < 1.29 is 9.21 Å². The Kier molecular flexibility index (Phi) is 6.55. The van der Waals surface area contributed by atoms with Gasteiger partial charge in [-0.1, -0.05) is 62.9 Å². The Morgan fingerprint density at radius 3 is 2.25 bits per heavy atom. The Morgan fingerprint density at radius 1 is 0.969 bits per heavy atom. The molecule has 1 unspecified atom stereocenters. The van der Waals surface area contributed by atoms with Crippen molar-refractivity contribution in [3.05, 3.63) is 60.2 Å². The summed E-state index contributed by atoms with van der Waals surface area (Å²) in [6.45, 7) is 11.6. The van der Waals surface area contributed by atoms with Crippen LogP contribution in [0.2, 0.25) is 0 Å². The number of thioether (sulfide) groups is 1. The third-order valence-electron chi connectivity index (χ3n) is 5.74. The Bertz CT molecular complexity index is 1040. The average molecular weight is 451 g/mol. The zero-order valence-electron chi connectivity index (χ0n) is 19.1. The number of hydrogen-bond donors (Lipinski definition) is 0. The van der Waals surface area contributed by atoms with Crippen molar-refractivity contribution in [1.82, 2.24) is 15.1 Å². The maximum atomic E-state index is 13.0. The molecule has 168 valence electrons. The summed E-state index contributed by atoms with van der Waals surface area (Å²) in [5, 5.41) is 8.47. The highest BCUT2D eigenvalue weighted by molar-refractivity contribution is 8.00. The van der Waals surface area contributed by atoms with E-state index in [9.17, 15) is 4.79 Å². The van der Waals surface area contributed by atoms with Crippen LogP contribution in [0.3, 0.4) is 0 Å². The molecular weight excluding hydrogens is 420 g/mol. The summed E-state index contributed by atoms with van der Waals surface area (Å²) in [7, 11) is 0. The second kappa shape index (κ2) is 9.36. The average Bonchev–Trinajstić information content (AvgIpc) is 3.27. The molecular formula is C25H30N4O2S. The maximum Gasteiger partial charge on any atom is 0.277 e. The zero-order valence-corrected chi connectivity index (χ0v) is 19.9. The van der Waals surface area contributed by atoms with E-state index in [1.165, 1.54) is 23.0 Å². The summed E-state index contributed by atoms with van der Waals surface area (Å²) in [6.07, 6.45) is 0. The molecule has 0 N–H and O–H groups in total. The standard InChI is InChI=1S/C25H30N4O2S/c1-18(23(30)29-16-14-28(15-17-29)21-8-6-5-7-9-21)32-24-27-26-22(31-24)19-10-12-20(13-11-19)25(2,3)4/h5-13,18H,14-17H2,1-4H3. The molecule has 1 aliphatic heterocycles. The smallest absolute Gasteiger partial charge is 0.277 e. The number of piperazine rings is 1. The Balaban J connectivity index is 1.33. The molecule has 0 spiro atoms. The number of anilines is 1. The van der Waals surface area contributed by atoms with Gasteiger partial charge in [0.2, 0.25) is 11.8 Å². The highest BCUT2D eigenvalue weighted by Gasteiger charge is 2.27. The first kappa shape index (κ1) is 22.4.